The van der Waals surface area contributed by atoms with E-state index in [4.69, 9.17) is 45.4 Å². The van der Waals surface area contributed by atoms with Crippen molar-refractivity contribution in [1.82, 2.24) is 0 Å². The van der Waals surface area contributed by atoms with Crippen LogP contribution in [0.25, 0.3) is 0 Å². The number of nitrogens with one attached hydrogen (secondary N) is 1. The van der Waals surface area contributed by atoms with Gasteiger partial charge in [0.05, 0.1) is 31.7 Å². The summed E-state index contributed by atoms with van der Waals surface area (Å²) in [7, 11) is 0. The van der Waals surface area contributed by atoms with Gasteiger partial charge in [0.25, 0.3) is 5.69 Å². The number of hydrogen-bond acceptors (Lipinski definition) is 5. The van der Waals surface area contributed by atoms with Crippen LogP contribution in [0.1, 0.15) is 0 Å². The lowest BCUT2D eigenvalue weighted by molar-refractivity contribution is -0.384. The van der Waals surface area contributed by atoms with Gasteiger partial charge in [-0.25, -0.2) is 0 Å². The normalized spacial score (nSPS) is 10.3. The Kier molecular flexibility index (Phi) is 4.74. The first-order valence-corrected chi connectivity index (χ1v) is 6.62. The second-order valence-electron chi connectivity index (χ2n) is 3.92. The van der Waals surface area contributed by atoms with E-state index in [-0.39, 0.29) is 32.3 Å². The van der Waals surface area contributed by atoms with Crippen LogP contribution in [0.5, 0.6) is 11.5 Å². The van der Waals surface area contributed by atoms with Gasteiger partial charge in [0.1, 0.15) is 11.5 Å². The first-order valence-electron chi connectivity index (χ1n) is 5.49. The standard InChI is InChI=1S/C12H8Cl3N3O3/c13-9-4-11(15)12(5-10(9)14)21-8-2-6(17-16)1-7(3-8)18(19)20/h1-5,17H,16H2. The average molecular weight is 349 g/mol. The summed E-state index contributed by atoms with van der Waals surface area (Å²) in [5.41, 5.74) is 2.45. The smallest absolute Gasteiger partial charge is 0.275 e. The highest BCUT2D eigenvalue weighted by molar-refractivity contribution is 6.43. The molecule has 0 spiro atoms. The van der Waals surface area contributed by atoms with Crippen LogP contribution < -0.4 is 16.0 Å². The van der Waals surface area contributed by atoms with Crippen LogP contribution in [0.3, 0.4) is 0 Å². The predicted octanol–water partition coefficient (Wildman–Crippen LogP) is 4.63. The van der Waals surface area contributed by atoms with E-state index < -0.39 is 4.92 Å². The molecule has 110 valence electrons. The van der Waals surface area contributed by atoms with E-state index in [1.54, 1.807) is 0 Å². The van der Waals surface area contributed by atoms with E-state index in [0.29, 0.717) is 5.69 Å². The number of nitro groups is 1. The van der Waals surface area contributed by atoms with Crippen molar-refractivity contribution in [1.29, 1.82) is 0 Å². The van der Waals surface area contributed by atoms with E-state index >= 15 is 0 Å². The van der Waals surface area contributed by atoms with E-state index in [9.17, 15) is 10.1 Å². The molecule has 0 radical (unpaired) electrons. The molecule has 0 aliphatic rings. The third-order valence-electron chi connectivity index (χ3n) is 2.47. The Bertz CT molecular complexity index is 710. The molecule has 9 heteroatoms. The SMILES string of the molecule is NNc1cc(Oc2cc(Cl)c(Cl)cc2Cl)cc([N+](=O)[O-])c1. The van der Waals surface area contributed by atoms with E-state index in [1.807, 2.05) is 0 Å². The van der Waals surface area contributed by atoms with E-state index in [1.165, 1.54) is 30.3 Å². The van der Waals surface area contributed by atoms with Crippen LogP contribution in [0.15, 0.2) is 30.3 Å². The number of nitrogens with two attached hydrogens (primary N) is 1. The number of anilines is 1. The van der Waals surface area contributed by atoms with Gasteiger partial charge in [0.2, 0.25) is 0 Å². The van der Waals surface area contributed by atoms with Crippen molar-refractivity contribution in [2.45, 2.75) is 0 Å². The molecule has 0 saturated heterocycles. The molecule has 0 atom stereocenters. The van der Waals surface area contributed by atoms with Crippen LogP contribution in [0.2, 0.25) is 15.1 Å². The third kappa shape index (κ3) is 3.68. The maximum atomic E-state index is 10.9. The summed E-state index contributed by atoms with van der Waals surface area (Å²) in [5.74, 6) is 5.66. The summed E-state index contributed by atoms with van der Waals surface area (Å²) in [6.45, 7) is 0. The van der Waals surface area contributed by atoms with Crippen molar-refractivity contribution in [3.05, 3.63) is 55.5 Å². The van der Waals surface area contributed by atoms with Gasteiger partial charge >= 0.3 is 0 Å². The minimum absolute atomic E-state index is 0.178. The predicted molar refractivity (Wildman–Crippen MR) is 82.5 cm³/mol. The first-order chi connectivity index (χ1) is 9.90. The number of non-ortho nitro benzene ring substituents is 1. The largest absolute Gasteiger partial charge is 0.455 e. The number of hydrazine groups is 1. The molecule has 0 saturated carbocycles. The molecular weight excluding hydrogens is 341 g/mol. The monoisotopic (exact) mass is 347 g/mol. The third-order valence-corrected chi connectivity index (χ3v) is 3.49. The Morgan fingerprint density at radius 1 is 1.05 bits per heavy atom. The first kappa shape index (κ1) is 15.7. The Labute approximate surface area is 134 Å². The van der Waals surface area contributed by atoms with Gasteiger partial charge in [0.15, 0.2) is 0 Å². The van der Waals surface area contributed by atoms with Crippen molar-refractivity contribution in [2.75, 3.05) is 5.43 Å². The van der Waals surface area contributed by atoms with Crippen LogP contribution in [-0.4, -0.2) is 4.92 Å². The lowest BCUT2D eigenvalue weighted by atomic mass is 10.2. The number of hydrogen-bond donors (Lipinski definition) is 2. The molecule has 3 N–H and O–H groups in total. The second-order valence-corrected chi connectivity index (χ2v) is 5.14. The molecule has 0 aliphatic heterocycles. The number of ether oxygens (including phenoxy) is 1. The van der Waals surface area contributed by atoms with E-state index in [0.717, 1.165) is 0 Å². The van der Waals surface area contributed by atoms with Crippen LogP contribution in [0.4, 0.5) is 11.4 Å². The van der Waals surface area contributed by atoms with Gasteiger partial charge < -0.3 is 10.2 Å². The van der Waals surface area contributed by atoms with Crippen molar-refractivity contribution in [2.24, 2.45) is 5.84 Å². The summed E-state index contributed by atoms with van der Waals surface area (Å²) in [6.07, 6.45) is 0. The lowest BCUT2D eigenvalue weighted by Gasteiger charge is -2.10. The molecule has 2 aromatic carbocycles. The zero-order valence-electron chi connectivity index (χ0n) is 10.3. The Morgan fingerprint density at radius 3 is 2.33 bits per heavy atom. The van der Waals surface area contributed by atoms with Crippen molar-refractivity contribution in [3.8, 4) is 11.5 Å². The molecule has 0 aromatic heterocycles. The molecule has 0 unspecified atom stereocenters. The van der Waals surface area contributed by atoms with Gasteiger partial charge in [0, 0.05) is 18.2 Å². The molecule has 2 aromatic rings. The molecule has 2 rings (SSSR count). The Hall–Kier alpha value is -1.73. The number of rotatable bonds is 4. The summed E-state index contributed by atoms with van der Waals surface area (Å²) in [4.78, 5) is 10.3. The summed E-state index contributed by atoms with van der Waals surface area (Å²) >= 11 is 17.7. The lowest BCUT2D eigenvalue weighted by Crippen LogP contribution is -2.07. The molecule has 21 heavy (non-hydrogen) atoms. The average Bonchev–Trinajstić information content (AvgIpc) is 2.44. The van der Waals surface area contributed by atoms with Gasteiger partial charge in [-0.05, 0) is 6.07 Å². The number of nitrogen functional groups attached to an aromatic ring is 1. The molecular formula is C12H8Cl3N3O3. The number of halogens is 3. The fourth-order valence-corrected chi connectivity index (χ4v) is 2.12. The van der Waals surface area contributed by atoms with Crippen LogP contribution in [-0.2, 0) is 0 Å². The van der Waals surface area contributed by atoms with Gasteiger partial charge in [-0.15, -0.1) is 0 Å². The number of benzene rings is 2. The fourth-order valence-electron chi connectivity index (χ4n) is 1.54. The van der Waals surface area contributed by atoms with E-state index in [2.05, 4.69) is 5.43 Å². The Morgan fingerprint density at radius 2 is 1.71 bits per heavy atom. The van der Waals surface area contributed by atoms with Crippen LogP contribution >= 0.6 is 34.8 Å². The molecule has 6 nitrogen and oxygen atoms in total. The summed E-state index contributed by atoms with van der Waals surface area (Å²) in [6, 6.07) is 6.82. The quantitative estimate of drug-likeness (QED) is 0.364. The minimum Gasteiger partial charge on any atom is -0.455 e. The van der Waals surface area contributed by atoms with Crippen LogP contribution in [0, 0.1) is 10.1 Å². The molecule has 0 amide bonds. The minimum atomic E-state index is -0.565. The number of nitrogens with zero attached hydrogens (tertiary/aromatic N) is 1. The zero-order valence-corrected chi connectivity index (χ0v) is 12.5. The molecule has 0 heterocycles. The van der Waals surface area contributed by atoms with Crippen molar-refractivity contribution >= 4 is 46.2 Å². The Balaban J connectivity index is 2.41. The van der Waals surface area contributed by atoms with Crippen molar-refractivity contribution in [3.63, 3.8) is 0 Å². The highest BCUT2D eigenvalue weighted by Crippen LogP contribution is 2.37. The molecule has 0 aliphatic carbocycles. The summed E-state index contributed by atoms with van der Waals surface area (Å²) in [5, 5.41) is 11.6. The van der Waals surface area contributed by atoms with Gasteiger partial charge in [-0.1, -0.05) is 34.8 Å². The summed E-state index contributed by atoms with van der Waals surface area (Å²) < 4.78 is 5.50. The highest BCUT2D eigenvalue weighted by atomic mass is 35.5. The zero-order chi connectivity index (χ0) is 15.6. The van der Waals surface area contributed by atoms with Gasteiger partial charge in [-0.3, -0.25) is 16.0 Å². The maximum Gasteiger partial charge on any atom is 0.275 e. The second kappa shape index (κ2) is 6.36. The topological polar surface area (TPSA) is 90.4 Å². The van der Waals surface area contributed by atoms with Gasteiger partial charge in [-0.2, -0.15) is 0 Å². The maximum absolute atomic E-state index is 10.9. The van der Waals surface area contributed by atoms with Crippen molar-refractivity contribution < 1.29 is 9.66 Å². The fraction of sp³-hybridized carbons (Fsp3) is 0. The highest BCUT2D eigenvalue weighted by Gasteiger charge is 2.13. The number of nitro benzene ring substituents is 1. The molecule has 0 bridgehead atoms. The molecule has 0 fully saturated rings.